The highest BCUT2D eigenvalue weighted by Crippen LogP contribution is 2.41. The van der Waals surface area contributed by atoms with Gasteiger partial charge in [-0.15, -0.1) is 0 Å². The van der Waals surface area contributed by atoms with Gasteiger partial charge < -0.3 is 9.47 Å². The Kier molecular flexibility index (Phi) is 4.79. The van der Waals surface area contributed by atoms with Gasteiger partial charge in [-0.25, -0.2) is 0 Å². The molecule has 3 unspecified atom stereocenters. The molecule has 0 aromatic heterocycles. The van der Waals surface area contributed by atoms with Crippen LogP contribution in [0.15, 0.2) is 30.3 Å². The summed E-state index contributed by atoms with van der Waals surface area (Å²) in [7, 11) is 0. The van der Waals surface area contributed by atoms with Gasteiger partial charge in [-0.3, -0.25) is 4.84 Å². The second kappa shape index (κ2) is 6.52. The summed E-state index contributed by atoms with van der Waals surface area (Å²) in [5.41, 5.74) is 1.07. The molecule has 4 nitrogen and oxygen atoms in total. The first kappa shape index (κ1) is 16.9. The van der Waals surface area contributed by atoms with Crippen molar-refractivity contribution in [3.05, 3.63) is 35.9 Å². The third-order valence-electron chi connectivity index (χ3n) is 4.93. The van der Waals surface area contributed by atoms with Crippen molar-refractivity contribution in [1.29, 1.82) is 0 Å². The van der Waals surface area contributed by atoms with Crippen LogP contribution in [0.3, 0.4) is 0 Å². The third-order valence-corrected chi connectivity index (χ3v) is 4.93. The van der Waals surface area contributed by atoms with Gasteiger partial charge in [-0.2, -0.15) is 5.06 Å². The fourth-order valence-corrected chi connectivity index (χ4v) is 3.68. The van der Waals surface area contributed by atoms with Crippen LogP contribution >= 0.6 is 0 Å². The van der Waals surface area contributed by atoms with Crippen molar-refractivity contribution < 1.29 is 14.3 Å². The highest BCUT2D eigenvalue weighted by Gasteiger charge is 2.49. The second-order valence-corrected chi connectivity index (χ2v) is 7.48. The molecule has 1 aromatic rings. The van der Waals surface area contributed by atoms with Crippen LogP contribution in [0.25, 0.3) is 0 Å². The summed E-state index contributed by atoms with van der Waals surface area (Å²) >= 11 is 0. The van der Waals surface area contributed by atoms with Crippen molar-refractivity contribution in [2.75, 3.05) is 13.2 Å². The molecule has 2 heterocycles. The van der Waals surface area contributed by atoms with E-state index in [0.717, 1.165) is 32.4 Å². The number of rotatable bonds is 3. The van der Waals surface area contributed by atoms with Gasteiger partial charge in [0.1, 0.15) is 6.10 Å². The predicted molar refractivity (Wildman–Crippen MR) is 89.8 cm³/mol. The number of hydrogen-bond acceptors (Lipinski definition) is 4. The Morgan fingerprint density at radius 2 is 2.00 bits per heavy atom. The molecule has 0 radical (unpaired) electrons. The molecule has 2 saturated heterocycles. The summed E-state index contributed by atoms with van der Waals surface area (Å²) in [4.78, 5) is 6.28. The summed E-state index contributed by atoms with van der Waals surface area (Å²) in [5, 5.41) is 2.11. The monoisotopic (exact) mass is 319 g/mol. The Morgan fingerprint density at radius 3 is 2.65 bits per heavy atom. The van der Waals surface area contributed by atoms with Crippen LogP contribution in [0.2, 0.25) is 0 Å². The number of ether oxygens (including phenoxy) is 2. The Hall–Kier alpha value is -0.940. The maximum absolute atomic E-state index is 6.28. The molecule has 2 fully saturated rings. The minimum atomic E-state index is -0.434. The normalized spacial score (nSPS) is 32.8. The minimum absolute atomic E-state index is 0.0386. The van der Waals surface area contributed by atoms with Crippen LogP contribution in [-0.2, 0) is 14.3 Å². The molecule has 3 rings (SSSR count). The molecule has 2 aliphatic rings. The highest BCUT2D eigenvalue weighted by atomic mass is 16.7. The van der Waals surface area contributed by atoms with Crippen LogP contribution in [-0.4, -0.2) is 35.6 Å². The van der Waals surface area contributed by atoms with E-state index in [1.807, 2.05) is 6.07 Å². The first-order valence-corrected chi connectivity index (χ1v) is 8.71. The van der Waals surface area contributed by atoms with E-state index in [2.05, 4.69) is 57.0 Å². The van der Waals surface area contributed by atoms with Gasteiger partial charge in [0.2, 0.25) is 0 Å². The first-order chi connectivity index (χ1) is 10.9. The summed E-state index contributed by atoms with van der Waals surface area (Å²) in [6, 6.07) is 10.4. The van der Waals surface area contributed by atoms with Gasteiger partial charge in [-0.1, -0.05) is 30.3 Å². The summed E-state index contributed by atoms with van der Waals surface area (Å²) < 4.78 is 12.2. The Morgan fingerprint density at radius 1 is 1.26 bits per heavy atom. The predicted octanol–water partition coefficient (Wildman–Crippen LogP) is 4.08. The van der Waals surface area contributed by atoms with Crippen molar-refractivity contribution in [3.8, 4) is 0 Å². The Labute approximate surface area is 139 Å². The molecule has 1 aromatic carbocycles. The van der Waals surface area contributed by atoms with E-state index in [4.69, 9.17) is 14.3 Å². The number of hydrogen-bond donors (Lipinski definition) is 0. The number of piperidine rings is 1. The third kappa shape index (κ3) is 3.77. The lowest BCUT2D eigenvalue weighted by Crippen LogP contribution is -2.60. The zero-order valence-corrected chi connectivity index (χ0v) is 14.7. The fourth-order valence-electron chi connectivity index (χ4n) is 3.68. The van der Waals surface area contributed by atoms with Crippen LogP contribution in [0.1, 0.15) is 58.6 Å². The van der Waals surface area contributed by atoms with Crippen molar-refractivity contribution in [3.63, 3.8) is 0 Å². The van der Waals surface area contributed by atoms with Crippen molar-refractivity contribution >= 4 is 0 Å². The van der Waals surface area contributed by atoms with E-state index in [0.29, 0.717) is 0 Å². The molecule has 0 saturated carbocycles. The zero-order chi connectivity index (χ0) is 16.5. The van der Waals surface area contributed by atoms with Gasteiger partial charge in [-0.05, 0) is 39.7 Å². The van der Waals surface area contributed by atoms with E-state index in [1.54, 1.807) is 0 Å². The molecule has 3 atom stereocenters. The lowest BCUT2D eigenvalue weighted by Gasteiger charge is -2.52. The molecule has 0 aliphatic carbocycles. The molecular formula is C19H29NO3. The second-order valence-electron chi connectivity index (χ2n) is 7.48. The zero-order valence-electron chi connectivity index (χ0n) is 14.7. The van der Waals surface area contributed by atoms with Crippen molar-refractivity contribution in [2.45, 2.75) is 70.5 Å². The molecule has 2 aliphatic heterocycles. The SMILES string of the molecule is CC1CCOC2(CCN(OC(C)c3ccccc3)C(C)(C)C2)O1. The average molecular weight is 319 g/mol. The lowest BCUT2D eigenvalue weighted by molar-refractivity contribution is -0.354. The van der Waals surface area contributed by atoms with E-state index in [9.17, 15) is 0 Å². The first-order valence-electron chi connectivity index (χ1n) is 8.71. The van der Waals surface area contributed by atoms with Crippen molar-refractivity contribution in [2.24, 2.45) is 0 Å². The smallest absolute Gasteiger partial charge is 0.171 e. The molecule has 0 N–H and O–H groups in total. The summed E-state index contributed by atoms with van der Waals surface area (Å²) in [6.45, 7) is 10.3. The highest BCUT2D eigenvalue weighted by molar-refractivity contribution is 5.16. The molecule has 1 spiro atoms. The molecule has 128 valence electrons. The van der Waals surface area contributed by atoms with Gasteiger partial charge in [0.15, 0.2) is 5.79 Å². The largest absolute Gasteiger partial charge is 0.350 e. The van der Waals surface area contributed by atoms with Gasteiger partial charge in [0.05, 0.1) is 12.7 Å². The number of nitrogens with zero attached hydrogens (tertiary/aromatic N) is 1. The van der Waals surface area contributed by atoms with Gasteiger partial charge in [0.25, 0.3) is 0 Å². The molecule has 4 heteroatoms. The average Bonchev–Trinajstić information content (AvgIpc) is 2.50. The maximum Gasteiger partial charge on any atom is 0.171 e. The van der Waals surface area contributed by atoms with Gasteiger partial charge >= 0.3 is 0 Å². The van der Waals surface area contributed by atoms with Crippen LogP contribution in [0.5, 0.6) is 0 Å². The van der Waals surface area contributed by atoms with Gasteiger partial charge in [0, 0.05) is 24.9 Å². The van der Waals surface area contributed by atoms with E-state index in [1.165, 1.54) is 5.56 Å². The van der Waals surface area contributed by atoms with Crippen LogP contribution in [0, 0.1) is 0 Å². The van der Waals surface area contributed by atoms with E-state index in [-0.39, 0.29) is 17.7 Å². The molecule has 0 bridgehead atoms. The van der Waals surface area contributed by atoms with Crippen molar-refractivity contribution in [1.82, 2.24) is 5.06 Å². The lowest BCUT2D eigenvalue weighted by atomic mass is 9.87. The quantitative estimate of drug-likeness (QED) is 0.840. The Balaban J connectivity index is 1.66. The van der Waals surface area contributed by atoms with Crippen LogP contribution in [0.4, 0.5) is 0 Å². The molecule has 0 amide bonds. The molecule has 23 heavy (non-hydrogen) atoms. The standard InChI is InChI=1S/C19H29NO3/c1-15-10-13-21-19(22-15)11-12-20(18(3,4)14-19)23-16(2)17-8-6-5-7-9-17/h5-9,15-16H,10-14H2,1-4H3. The fraction of sp³-hybridized carbons (Fsp3) is 0.684. The van der Waals surface area contributed by atoms with Crippen LogP contribution < -0.4 is 0 Å². The number of benzene rings is 1. The molecular weight excluding hydrogens is 290 g/mol. The minimum Gasteiger partial charge on any atom is -0.350 e. The summed E-state index contributed by atoms with van der Waals surface area (Å²) in [5.74, 6) is -0.434. The van der Waals surface area contributed by atoms with E-state index >= 15 is 0 Å². The summed E-state index contributed by atoms with van der Waals surface area (Å²) in [6.07, 6.45) is 2.97. The number of hydroxylamine groups is 2. The van der Waals surface area contributed by atoms with E-state index < -0.39 is 5.79 Å². The Bertz CT molecular complexity index is 519. The topological polar surface area (TPSA) is 30.9 Å². The maximum atomic E-state index is 6.28.